The number of ether oxygens (including phenoxy) is 1. The highest BCUT2D eigenvalue weighted by Crippen LogP contribution is 2.35. The molecule has 0 saturated carbocycles. The van der Waals surface area contributed by atoms with Crippen LogP contribution in [0.15, 0.2) is 30.3 Å². The van der Waals surface area contributed by atoms with Crippen LogP contribution in [0.25, 0.3) is 0 Å². The number of morpholine rings is 1. The predicted octanol–water partition coefficient (Wildman–Crippen LogP) is 2.30. The Balaban J connectivity index is 1.53. The van der Waals surface area contributed by atoms with Crippen LogP contribution < -0.4 is 0 Å². The maximum Gasteiger partial charge on any atom is 0.303 e. The van der Waals surface area contributed by atoms with Gasteiger partial charge in [0, 0.05) is 32.5 Å². The average molecular weight is 402 g/mol. The molecule has 0 unspecified atom stereocenters. The van der Waals surface area contributed by atoms with Gasteiger partial charge in [0.25, 0.3) is 0 Å². The van der Waals surface area contributed by atoms with Crippen molar-refractivity contribution in [2.24, 2.45) is 5.92 Å². The van der Waals surface area contributed by atoms with Crippen molar-refractivity contribution in [3.63, 3.8) is 0 Å². The Kier molecular flexibility index (Phi) is 6.90. The summed E-state index contributed by atoms with van der Waals surface area (Å²) in [7, 11) is 0. The summed E-state index contributed by atoms with van der Waals surface area (Å²) in [4.78, 5) is 39.0. The van der Waals surface area contributed by atoms with Crippen LogP contribution in [0, 0.1) is 5.92 Å². The molecule has 2 amide bonds. The third kappa shape index (κ3) is 5.56. The van der Waals surface area contributed by atoms with Crippen molar-refractivity contribution >= 4 is 17.8 Å². The number of benzene rings is 1. The molecule has 7 heteroatoms. The SMILES string of the molecule is C[C@]1(C2CCN(C(=O)CCCC(=O)O)CC2)CN(Cc2ccccc2)C(=O)CO1. The van der Waals surface area contributed by atoms with Gasteiger partial charge in [-0.25, -0.2) is 0 Å². The molecule has 1 atom stereocenters. The minimum atomic E-state index is -0.867. The standard InChI is InChI=1S/C22H30N2O5/c1-22(16-24(20(26)15-29-22)14-17-6-3-2-4-7-17)18-10-12-23(13-11-18)19(25)8-5-9-21(27)28/h2-4,6-7,18H,5,8-16H2,1H3,(H,27,28)/t22-/m1/s1. The largest absolute Gasteiger partial charge is 0.481 e. The second-order valence-electron chi connectivity index (χ2n) is 8.24. The fourth-order valence-electron chi connectivity index (χ4n) is 4.31. The summed E-state index contributed by atoms with van der Waals surface area (Å²) in [5.41, 5.74) is 0.688. The number of carboxylic acid groups (broad SMARTS) is 1. The van der Waals surface area contributed by atoms with Crippen LogP contribution in [-0.2, 0) is 25.7 Å². The van der Waals surface area contributed by atoms with E-state index in [0.717, 1.165) is 18.4 Å². The molecule has 0 spiro atoms. The van der Waals surface area contributed by atoms with Crippen LogP contribution >= 0.6 is 0 Å². The maximum absolute atomic E-state index is 12.4. The molecule has 0 aliphatic carbocycles. The smallest absolute Gasteiger partial charge is 0.303 e. The average Bonchev–Trinajstić information content (AvgIpc) is 2.71. The third-order valence-electron chi connectivity index (χ3n) is 6.09. The molecule has 2 fully saturated rings. The highest BCUT2D eigenvalue weighted by atomic mass is 16.5. The van der Waals surface area contributed by atoms with Gasteiger partial charge in [-0.05, 0) is 37.7 Å². The zero-order chi connectivity index (χ0) is 20.9. The van der Waals surface area contributed by atoms with Crippen molar-refractivity contribution in [2.45, 2.75) is 51.2 Å². The van der Waals surface area contributed by atoms with Crippen LogP contribution in [0.4, 0.5) is 0 Å². The molecule has 0 aromatic heterocycles. The summed E-state index contributed by atoms with van der Waals surface area (Å²) in [5.74, 6) is -0.553. The van der Waals surface area contributed by atoms with Gasteiger partial charge < -0.3 is 19.6 Å². The molecule has 7 nitrogen and oxygen atoms in total. The summed E-state index contributed by atoms with van der Waals surface area (Å²) < 4.78 is 6.01. The zero-order valence-electron chi connectivity index (χ0n) is 17.0. The van der Waals surface area contributed by atoms with Gasteiger partial charge >= 0.3 is 5.97 Å². The van der Waals surface area contributed by atoms with Crippen molar-refractivity contribution in [2.75, 3.05) is 26.2 Å². The lowest BCUT2D eigenvalue weighted by Gasteiger charge is -2.47. The molecule has 1 N–H and O–H groups in total. The Hall–Kier alpha value is -2.41. The van der Waals surface area contributed by atoms with Crippen molar-refractivity contribution < 1.29 is 24.2 Å². The Labute approximate surface area is 171 Å². The zero-order valence-corrected chi connectivity index (χ0v) is 17.0. The van der Waals surface area contributed by atoms with E-state index in [2.05, 4.69) is 6.92 Å². The second kappa shape index (κ2) is 9.39. The van der Waals surface area contributed by atoms with Gasteiger partial charge in [0.2, 0.25) is 11.8 Å². The number of hydrogen-bond donors (Lipinski definition) is 1. The normalized spacial score (nSPS) is 23.3. The molecule has 2 aliphatic rings. The van der Waals surface area contributed by atoms with Crippen LogP contribution in [0.1, 0.15) is 44.6 Å². The number of aliphatic carboxylic acids is 1. The summed E-state index contributed by atoms with van der Waals surface area (Å²) in [6, 6.07) is 9.96. The van der Waals surface area contributed by atoms with E-state index in [4.69, 9.17) is 9.84 Å². The van der Waals surface area contributed by atoms with Gasteiger partial charge in [0.1, 0.15) is 6.61 Å². The lowest BCUT2D eigenvalue weighted by molar-refractivity contribution is -0.174. The van der Waals surface area contributed by atoms with E-state index in [-0.39, 0.29) is 37.2 Å². The van der Waals surface area contributed by atoms with Crippen LogP contribution in [0.2, 0.25) is 0 Å². The van der Waals surface area contributed by atoms with E-state index < -0.39 is 11.6 Å². The molecule has 29 heavy (non-hydrogen) atoms. The Morgan fingerprint density at radius 3 is 2.52 bits per heavy atom. The highest BCUT2D eigenvalue weighted by Gasteiger charge is 2.43. The number of rotatable bonds is 7. The Morgan fingerprint density at radius 2 is 1.86 bits per heavy atom. The summed E-state index contributed by atoms with van der Waals surface area (Å²) in [5, 5.41) is 8.71. The first-order valence-corrected chi connectivity index (χ1v) is 10.3. The number of likely N-dealkylation sites (tertiary alicyclic amines) is 1. The first-order chi connectivity index (χ1) is 13.9. The molecule has 1 aromatic rings. The summed E-state index contributed by atoms with van der Waals surface area (Å²) in [6.07, 6.45) is 2.35. The minimum absolute atomic E-state index is 0.0115. The molecule has 1 aromatic carbocycles. The van der Waals surface area contributed by atoms with E-state index in [1.165, 1.54) is 0 Å². The van der Waals surface area contributed by atoms with Gasteiger partial charge in [-0.2, -0.15) is 0 Å². The lowest BCUT2D eigenvalue weighted by Crippen LogP contribution is -2.58. The predicted molar refractivity (Wildman–Crippen MR) is 107 cm³/mol. The topological polar surface area (TPSA) is 87.2 Å². The lowest BCUT2D eigenvalue weighted by atomic mass is 9.80. The number of piperidine rings is 1. The molecule has 3 rings (SSSR count). The van der Waals surface area contributed by atoms with Gasteiger partial charge in [-0.3, -0.25) is 14.4 Å². The fraction of sp³-hybridized carbons (Fsp3) is 0.591. The van der Waals surface area contributed by atoms with Gasteiger partial charge in [0.05, 0.1) is 12.1 Å². The minimum Gasteiger partial charge on any atom is -0.481 e. The van der Waals surface area contributed by atoms with E-state index in [1.807, 2.05) is 40.1 Å². The summed E-state index contributed by atoms with van der Waals surface area (Å²) in [6.45, 7) is 4.62. The molecule has 158 valence electrons. The number of amides is 2. The van der Waals surface area contributed by atoms with Gasteiger partial charge in [-0.1, -0.05) is 30.3 Å². The molecular weight excluding hydrogens is 372 g/mol. The Bertz CT molecular complexity index is 730. The summed E-state index contributed by atoms with van der Waals surface area (Å²) >= 11 is 0. The van der Waals surface area contributed by atoms with Crippen molar-refractivity contribution in [3.8, 4) is 0 Å². The highest BCUT2D eigenvalue weighted by molar-refractivity contribution is 5.78. The van der Waals surface area contributed by atoms with Crippen molar-refractivity contribution in [1.82, 2.24) is 9.80 Å². The molecule has 2 aliphatic heterocycles. The van der Waals surface area contributed by atoms with Crippen LogP contribution in [0.5, 0.6) is 0 Å². The first-order valence-electron chi connectivity index (χ1n) is 10.3. The van der Waals surface area contributed by atoms with Crippen molar-refractivity contribution in [3.05, 3.63) is 35.9 Å². The fourth-order valence-corrected chi connectivity index (χ4v) is 4.31. The molecule has 0 radical (unpaired) electrons. The quantitative estimate of drug-likeness (QED) is 0.756. The second-order valence-corrected chi connectivity index (χ2v) is 8.24. The van der Waals surface area contributed by atoms with Crippen molar-refractivity contribution in [1.29, 1.82) is 0 Å². The van der Waals surface area contributed by atoms with Gasteiger partial charge in [-0.15, -0.1) is 0 Å². The van der Waals surface area contributed by atoms with E-state index in [1.54, 1.807) is 0 Å². The third-order valence-corrected chi connectivity index (χ3v) is 6.09. The number of carbonyl (C=O) groups is 3. The van der Waals surface area contributed by atoms with Crippen LogP contribution in [0.3, 0.4) is 0 Å². The molecule has 2 saturated heterocycles. The van der Waals surface area contributed by atoms with E-state index in [0.29, 0.717) is 32.6 Å². The first kappa shape index (κ1) is 21.3. The number of hydrogen-bond acceptors (Lipinski definition) is 4. The number of carboxylic acids is 1. The number of nitrogens with zero attached hydrogens (tertiary/aromatic N) is 2. The van der Waals surface area contributed by atoms with Crippen LogP contribution in [-0.4, -0.2) is 64.5 Å². The Morgan fingerprint density at radius 1 is 1.17 bits per heavy atom. The van der Waals surface area contributed by atoms with E-state index >= 15 is 0 Å². The van der Waals surface area contributed by atoms with Gasteiger partial charge in [0.15, 0.2) is 0 Å². The maximum atomic E-state index is 12.4. The molecule has 0 bridgehead atoms. The number of carbonyl (C=O) groups excluding carboxylic acids is 2. The van der Waals surface area contributed by atoms with E-state index in [9.17, 15) is 14.4 Å². The molecule has 2 heterocycles. The molecular formula is C22H30N2O5. The monoisotopic (exact) mass is 402 g/mol.